The Kier molecular flexibility index (Phi) is 4.65. The molecular weight excluding hydrogens is 360 g/mol. The highest BCUT2D eigenvalue weighted by molar-refractivity contribution is 7.92. The molecule has 0 atom stereocenters. The lowest BCUT2D eigenvalue weighted by Crippen LogP contribution is -2.14. The van der Waals surface area contributed by atoms with Crippen LogP contribution in [0.15, 0.2) is 60.7 Å². The molecule has 128 valence electrons. The van der Waals surface area contributed by atoms with Crippen LogP contribution >= 0.6 is 11.6 Å². The van der Waals surface area contributed by atoms with Crippen molar-refractivity contribution in [2.24, 2.45) is 0 Å². The SMILES string of the molecule is CS(=O)(=O)Nc1ccc(C(=O)Nc2cccc3ccccc23)c(Cl)c1. The van der Waals surface area contributed by atoms with Gasteiger partial charge in [0.2, 0.25) is 10.0 Å². The smallest absolute Gasteiger partial charge is 0.257 e. The molecule has 1 amide bonds. The third-order valence-electron chi connectivity index (χ3n) is 3.55. The third-order valence-corrected chi connectivity index (χ3v) is 4.47. The first-order chi connectivity index (χ1) is 11.8. The zero-order valence-electron chi connectivity index (χ0n) is 13.3. The number of carbonyl (C=O) groups is 1. The number of amides is 1. The van der Waals surface area contributed by atoms with Crippen molar-refractivity contribution in [1.29, 1.82) is 0 Å². The summed E-state index contributed by atoms with van der Waals surface area (Å²) in [5, 5.41) is 4.94. The molecule has 3 rings (SSSR count). The summed E-state index contributed by atoms with van der Waals surface area (Å²) in [4.78, 5) is 12.5. The van der Waals surface area contributed by atoms with Crippen molar-refractivity contribution < 1.29 is 13.2 Å². The first kappa shape index (κ1) is 17.3. The van der Waals surface area contributed by atoms with Crippen LogP contribution in [0.1, 0.15) is 10.4 Å². The second-order valence-corrected chi connectivity index (χ2v) is 7.71. The molecule has 0 bridgehead atoms. The van der Waals surface area contributed by atoms with Gasteiger partial charge in [0, 0.05) is 16.8 Å². The van der Waals surface area contributed by atoms with E-state index < -0.39 is 10.0 Å². The minimum atomic E-state index is -3.41. The van der Waals surface area contributed by atoms with Gasteiger partial charge in [-0.1, -0.05) is 48.0 Å². The molecule has 3 aromatic carbocycles. The Bertz CT molecular complexity index is 1060. The van der Waals surface area contributed by atoms with Crippen LogP contribution in [0.2, 0.25) is 5.02 Å². The second kappa shape index (κ2) is 6.74. The summed E-state index contributed by atoms with van der Waals surface area (Å²) < 4.78 is 24.8. The van der Waals surface area contributed by atoms with Gasteiger partial charge in [-0.3, -0.25) is 9.52 Å². The summed E-state index contributed by atoms with van der Waals surface area (Å²) >= 11 is 6.14. The van der Waals surface area contributed by atoms with Crippen LogP contribution in [0.4, 0.5) is 11.4 Å². The second-order valence-electron chi connectivity index (χ2n) is 5.55. The number of fused-ring (bicyclic) bond motifs is 1. The molecule has 0 fully saturated rings. The number of hydrogen-bond acceptors (Lipinski definition) is 3. The average Bonchev–Trinajstić information content (AvgIpc) is 2.53. The van der Waals surface area contributed by atoms with Crippen LogP contribution in [-0.2, 0) is 10.0 Å². The Labute approximate surface area is 150 Å². The van der Waals surface area contributed by atoms with Crippen molar-refractivity contribution in [1.82, 2.24) is 0 Å². The van der Waals surface area contributed by atoms with Gasteiger partial charge in [-0.15, -0.1) is 0 Å². The Hall–Kier alpha value is -2.57. The lowest BCUT2D eigenvalue weighted by atomic mass is 10.1. The number of hydrogen-bond donors (Lipinski definition) is 2. The molecule has 0 aliphatic heterocycles. The van der Waals surface area contributed by atoms with Gasteiger partial charge in [0.1, 0.15) is 0 Å². The van der Waals surface area contributed by atoms with Gasteiger partial charge in [0.05, 0.1) is 16.8 Å². The van der Waals surface area contributed by atoms with Gasteiger partial charge in [0.15, 0.2) is 0 Å². The van der Waals surface area contributed by atoms with E-state index in [2.05, 4.69) is 10.0 Å². The van der Waals surface area contributed by atoms with Gasteiger partial charge >= 0.3 is 0 Å². The number of carbonyl (C=O) groups excluding carboxylic acids is 1. The van der Waals surface area contributed by atoms with E-state index in [-0.39, 0.29) is 16.5 Å². The van der Waals surface area contributed by atoms with Gasteiger partial charge in [-0.2, -0.15) is 0 Å². The summed E-state index contributed by atoms with van der Waals surface area (Å²) in [5.41, 5.74) is 1.24. The van der Waals surface area contributed by atoms with Crippen molar-refractivity contribution >= 4 is 49.7 Å². The summed E-state index contributed by atoms with van der Waals surface area (Å²) in [6, 6.07) is 17.7. The van der Waals surface area contributed by atoms with Crippen molar-refractivity contribution in [2.75, 3.05) is 16.3 Å². The van der Waals surface area contributed by atoms with Crippen LogP contribution in [0.3, 0.4) is 0 Å². The van der Waals surface area contributed by atoms with Crippen LogP contribution < -0.4 is 10.0 Å². The predicted molar refractivity (Wildman–Crippen MR) is 102 cm³/mol. The number of benzene rings is 3. The first-order valence-corrected chi connectivity index (χ1v) is 9.67. The Morgan fingerprint density at radius 3 is 2.44 bits per heavy atom. The number of nitrogens with one attached hydrogen (secondary N) is 2. The molecule has 0 saturated heterocycles. The van der Waals surface area contributed by atoms with Crippen molar-refractivity contribution in [3.63, 3.8) is 0 Å². The number of anilines is 2. The molecular formula is C18H15ClN2O3S. The van der Waals surface area contributed by atoms with Crippen molar-refractivity contribution in [2.45, 2.75) is 0 Å². The maximum absolute atomic E-state index is 12.5. The maximum Gasteiger partial charge on any atom is 0.257 e. The molecule has 5 nitrogen and oxygen atoms in total. The standard InChI is InChI=1S/C18H15ClN2O3S/c1-25(23,24)21-13-9-10-15(16(19)11-13)18(22)20-17-8-4-6-12-5-2-3-7-14(12)17/h2-11,21H,1H3,(H,20,22). The largest absolute Gasteiger partial charge is 0.321 e. The lowest BCUT2D eigenvalue weighted by molar-refractivity contribution is 0.102. The van der Waals surface area contributed by atoms with E-state index in [0.717, 1.165) is 17.0 Å². The van der Waals surface area contributed by atoms with Crippen molar-refractivity contribution in [3.8, 4) is 0 Å². The molecule has 25 heavy (non-hydrogen) atoms. The molecule has 2 N–H and O–H groups in total. The van der Waals surface area contributed by atoms with E-state index in [1.54, 1.807) is 0 Å². The Morgan fingerprint density at radius 2 is 1.72 bits per heavy atom. The number of rotatable bonds is 4. The molecule has 0 radical (unpaired) electrons. The predicted octanol–water partition coefficient (Wildman–Crippen LogP) is 4.12. The van der Waals surface area contributed by atoms with Crippen LogP contribution in [-0.4, -0.2) is 20.6 Å². The molecule has 0 saturated carbocycles. The molecule has 0 unspecified atom stereocenters. The zero-order chi connectivity index (χ0) is 18.0. The average molecular weight is 375 g/mol. The molecule has 3 aromatic rings. The molecule has 0 aromatic heterocycles. The minimum absolute atomic E-state index is 0.159. The summed E-state index contributed by atoms with van der Waals surface area (Å²) in [7, 11) is -3.41. The van der Waals surface area contributed by atoms with E-state index in [1.165, 1.54) is 18.2 Å². The summed E-state index contributed by atoms with van der Waals surface area (Å²) in [5.74, 6) is -0.368. The van der Waals surface area contributed by atoms with Crippen LogP contribution in [0.25, 0.3) is 10.8 Å². The Balaban J connectivity index is 1.88. The van der Waals surface area contributed by atoms with E-state index in [0.29, 0.717) is 11.4 Å². The molecule has 7 heteroatoms. The van der Waals surface area contributed by atoms with E-state index in [9.17, 15) is 13.2 Å². The summed E-state index contributed by atoms with van der Waals surface area (Å²) in [6.07, 6.45) is 1.04. The number of sulfonamides is 1. The highest BCUT2D eigenvalue weighted by Crippen LogP contribution is 2.26. The third kappa shape index (κ3) is 4.10. The normalized spacial score (nSPS) is 11.3. The topological polar surface area (TPSA) is 75.3 Å². The first-order valence-electron chi connectivity index (χ1n) is 7.40. The van der Waals surface area contributed by atoms with E-state index in [1.807, 2.05) is 42.5 Å². The fourth-order valence-corrected chi connectivity index (χ4v) is 3.32. The molecule has 0 heterocycles. The fraction of sp³-hybridized carbons (Fsp3) is 0.0556. The maximum atomic E-state index is 12.5. The van der Waals surface area contributed by atoms with Crippen LogP contribution in [0, 0.1) is 0 Å². The Morgan fingerprint density at radius 1 is 1.00 bits per heavy atom. The van der Waals surface area contributed by atoms with Gasteiger partial charge in [-0.05, 0) is 29.7 Å². The monoisotopic (exact) mass is 374 g/mol. The highest BCUT2D eigenvalue weighted by atomic mass is 35.5. The van der Waals surface area contributed by atoms with E-state index in [4.69, 9.17) is 11.6 Å². The van der Waals surface area contributed by atoms with E-state index >= 15 is 0 Å². The zero-order valence-corrected chi connectivity index (χ0v) is 14.9. The quantitative estimate of drug-likeness (QED) is 0.721. The van der Waals surface area contributed by atoms with Gasteiger partial charge in [0.25, 0.3) is 5.91 Å². The highest BCUT2D eigenvalue weighted by Gasteiger charge is 2.13. The fourth-order valence-electron chi connectivity index (χ4n) is 2.50. The van der Waals surface area contributed by atoms with Gasteiger partial charge < -0.3 is 5.32 Å². The summed E-state index contributed by atoms with van der Waals surface area (Å²) in [6.45, 7) is 0. The van der Waals surface area contributed by atoms with Crippen molar-refractivity contribution in [3.05, 3.63) is 71.2 Å². The van der Waals surface area contributed by atoms with Crippen LogP contribution in [0.5, 0.6) is 0 Å². The van der Waals surface area contributed by atoms with Gasteiger partial charge in [-0.25, -0.2) is 8.42 Å². The minimum Gasteiger partial charge on any atom is -0.321 e. The lowest BCUT2D eigenvalue weighted by Gasteiger charge is -2.11. The number of halogens is 1. The molecule has 0 spiro atoms. The molecule has 0 aliphatic rings. The molecule has 0 aliphatic carbocycles.